The van der Waals surface area contributed by atoms with Gasteiger partial charge >= 0.3 is 0 Å². The summed E-state index contributed by atoms with van der Waals surface area (Å²) in [4.78, 5) is 13.9. The molecule has 1 atom stereocenters. The van der Waals surface area contributed by atoms with Crippen LogP contribution in [0.25, 0.3) is 0 Å². The van der Waals surface area contributed by atoms with Crippen molar-refractivity contribution in [2.45, 2.75) is 39.2 Å². The van der Waals surface area contributed by atoms with Crippen molar-refractivity contribution in [3.05, 3.63) is 52.7 Å². The fourth-order valence-electron chi connectivity index (χ4n) is 2.79. The summed E-state index contributed by atoms with van der Waals surface area (Å²) in [6.45, 7) is 7.09. The maximum atomic E-state index is 13.3. The molecule has 0 unspecified atom stereocenters. The Bertz CT molecular complexity index is 897. The highest BCUT2D eigenvalue weighted by Gasteiger charge is 2.28. The van der Waals surface area contributed by atoms with Gasteiger partial charge in [0.15, 0.2) is 11.6 Å². The number of nitrogens with one attached hydrogen (secondary N) is 2. The van der Waals surface area contributed by atoms with Crippen LogP contribution in [0.4, 0.5) is 14.5 Å². The van der Waals surface area contributed by atoms with E-state index in [2.05, 4.69) is 16.6 Å². The van der Waals surface area contributed by atoms with Crippen LogP contribution in [0.3, 0.4) is 0 Å². The minimum atomic E-state index is -3.66. The number of hydrogen-bond acceptors (Lipinski definition) is 4. The van der Waals surface area contributed by atoms with Crippen LogP contribution in [0.15, 0.2) is 41.1 Å². The van der Waals surface area contributed by atoms with Crippen LogP contribution in [0, 0.1) is 11.6 Å². The number of sulfonamides is 1. The van der Waals surface area contributed by atoms with Crippen molar-refractivity contribution in [3.63, 3.8) is 0 Å². The van der Waals surface area contributed by atoms with Crippen LogP contribution in [-0.4, -0.2) is 32.3 Å². The lowest BCUT2D eigenvalue weighted by atomic mass is 10.1. The lowest BCUT2D eigenvalue weighted by molar-refractivity contribution is -0.113. The van der Waals surface area contributed by atoms with E-state index in [1.807, 2.05) is 0 Å². The van der Waals surface area contributed by atoms with Gasteiger partial charge in [-0.15, -0.1) is 0 Å². The van der Waals surface area contributed by atoms with Gasteiger partial charge in [-0.2, -0.15) is 0 Å². The van der Waals surface area contributed by atoms with Crippen molar-refractivity contribution in [3.8, 4) is 0 Å². The first-order chi connectivity index (χ1) is 12.5. The van der Waals surface area contributed by atoms with E-state index in [0.29, 0.717) is 18.5 Å². The van der Waals surface area contributed by atoms with Gasteiger partial charge in [-0.1, -0.05) is 6.58 Å². The molecule has 1 heterocycles. The summed E-state index contributed by atoms with van der Waals surface area (Å²) in [5, 5.41) is 2.41. The Labute approximate surface area is 158 Å². The standard InChI is InChI=1S/C18H23F2N3O3S/c1-11-6-5-7-17(27(25,26)22-11)12(2)23(4)13(3)18(24)21-14-8-9-15(19)16(20)10-14/h8-11,22H,3,5-7H2,1-2,4H3,(H,21,24)/b17-12+/t11-/m0/s1. The number of rotatable bonds is 4. The quantitative estimate of drug-likeness (QED) is 0.763. The van der Waals surface area contributed by atoms with Crippen LogP contribution in [0.1, 0.15) is 33.1 Å². The second-order valence-corrected chi connectivity index (χ2v) is 8.25. The van der Waals surface area contributed by atoms with Gasteiger partial charge in [-0.25, -0.2) is 21.9 Å². The second kappa shape index (κ2) is 8.18. The monoisotopic (exact) mass is 399 g/mol. The van der Waals surface area contributed by atoms with E-state index in [1.54, 1.807) is 13.8 Å². The molecular weight excluding hydrogens is 376 g/mol. The third-order valence-corrected chi connectivity index (χ3v) is 6.33. The van der Waals surface area contributed by atoms with Crippen molar-refractivity contribution in [2.75, 3.05) is 12.4 Å². The summed E-state index contributed by atoms with van der Waals surface area (Å²) in [6, 6.07) is 2.81. The Balaban J connectivity index is 2.21. The molecule has 1 aromatic carbocycles. The second-order valence-electron chi connectivity index (χ2n) is 6.51. The zero-order valence-electron chi connectivity index (χ0n) is 15.5. The predicted molar refractivity (Wildman–Crippen MR) is 100.0 cm³/mol. The number of carbonyl (C=O) groups is 1. The van der Waals surface area contributed by atoms with Gasteiger partial charge in [0.25, 0.3) is 5.91 Å². The summed E-state index contributed by atoms with van der Waals surface area (Å²) >= 11 is 0. The normalized spacial score (nSPS) is 21.1. The van der Waals surface area contributed by atoms with Gasteiger partial charge < -0.3 is 10.2 Å². The molecule has 0 bridgehead atoms. The Morgan fingerprint density at radius 3 is 2.63 bits per heavy atom. The lowest BCUT2D eigenvalue weighted by Gasteiger charge is -2.24. The molecule has 148 valence electrons. The molecular formula is C18H23F2N3O3S. The van der Waals surface area contributed by atoms with E-state index in [4.69, 9.17) is 0 Å². The zero-order valence-corrected chi connectivity index (χ0v) is 16.3. The molecule has 1 aromatic rings. The Kier molecular flexibility index (Phi) is 6.38. The fraction of sp³-hybridized carbons (Fsp3) is 0.389. The number of nitrogens with zero attached hydrogens (tertiary/aromatic N) is 1. The van der Waals surface area contributed by atoms with E-state index in [0.717, 1.165) is 18.6 Å². The molecule has 0 aliphatic carbocycles. The van der Waals surface area contributed by atoms with Gasteiger partial charge in [0, 0.05) is 30.5 Å². The molecule has 1 amide bonds. The molecule has 1 fully saturated rings. The molecule has 0 spiro atoms. The smallest absolute Gasteiger partial charge is 0.271 e. The molecule has 6 nitrogen and oxygen atoms in total. The van der Waals surface area contributed by atoms with Crippen molar-refractivity contribution in [2.24, 2.45) is 0 Å². The summed E-state index contributed by atoms with van der Waals surface area (Å²) in [7, 11) is -2.13. The summed E-state index contributed by atoms with van der Waals surface area (Å²) in [6.07, 6.45) is 1.77. The zero-order chi connectivity index (χ0) is 20.4. The molecule has 9 heteroatoms. The molecule has 2 rings (SSSR count). The number of allylic oxidation sites excluding steroid dienone is 2. The maximum absolute atomic E-state index is 13.3. The van der Waals surface area contributed by atoms with Gasteiger partial charge in [-0.3, -0.25) is 4.79 Å². The van der Waals surface area contributed by atoms with Gasteiger partial charge in [0.1, 0.15) is 0 Å². The average molecular weight is 399 g/mol. The summed E-state index contributed by atoms with van der Waals surface area (Å²) in [5.74, 6) is -2.77. The highest BCUT2D eigenvalue weighted by Crippen LogP contribution is 2.26. The fourth-order valence-corrected chi connectivity index (χ4v) is 4.52. The first-order valence-corrected chi connectivity index (χ1v) is 9.92. The Hall–Kier alpha value is -2.26. The van der Waals surface area contributed by atoms with Gasteiger partial charge in [0.05, 0.1) is 10.6 Å². The molecule has 1 aliphatic heterocycles. The van der Waals surface area contributed by atoms with E-state index in [-0.39, 0.29) is 22.3 Å². The molecule has 0 aromatic heterocycles. The molecule has 1 saturated heterocycles. The van der Waals surface area contributed by atoms with Gasteiger partial charge in [0.2, 0.25) is 10.0 Å². The van der Waals surface area contributed by atoms with E-state index >= 15 is 0 Å². The Morgan fingerprint density at radius 1 is 1.33 bits per heavy atom. The van der Waals surface area contributed by atoms with Crippen molar-refractivity contribution in [1.82, 2.24) is 9.62 Å². The maximum Gasteiger partial charge on any atom is 0.271 e. The summed E-state index contributed by atoms with van der Waals surface area (Å²) < 4.78 is 53.9. The number of carbonyl (C=O) groups excluding carboxylic acids is 1. The number of likely N-dealkylation sites (N-methyl/N-ethyl adjacent to an activating group) is 1. The van der Waals surface area contributed by atoms with Crippen LogP contribution in [0.2, 0.25) is 0 Å². The number of amides is 1. The Morgan fingerprint density at radius 2 is 2.00 bits per heavy atom. The molecule has 0 radical (unpaired) electrons. The SMILES string of the molecule is C=C(C(=O)Nc1ccc(F)c(F)c1)N(C)/C(C)=C1\CCC[C@H](C)NS1(=O)=O. The van der Waals surface area contributed by atoms with E-state index < -0.39 is 27.6 Å². The minimum absolute atomic E-state index is 0.0303. The number of halogens is 2. The average Bonchev–Trinajstić information content (AvgIpc) is 2.72. The van der Waals surface area contributed by atoms with Crippen LogP contribution < -0.4 is 10.0 Å². The first kappa shape index (κ1) is 21.0. The third-order valence-electron chi connectivity index (χ3n) is 4.47. The minimum Gasteiger partial charge on any atom is -0.343 e. The van der Waals surface area contributed by atoms with Crippen molar-refractivity contribution >= 4 is 21.6 Å². The molecule has 1 aliphatic rings. The molecule has 27 heavy (non-hydrogen) atoms. The topological polar surface area (TPSA) is 78.5 Å². The van der Waals surface area contributed by atoms with Crippen molar-refractivity contribution < 1.29 is 22.0 Å². The highest BCUT2D eigenvalue weighted by molar-refractivity contribution is 7.93. The highest BCUT2D eigenvalue weighted by atomic mass is 32.2. The summed E-state index contributed by atoms with van der Waals surface area (Å²) in [5.41, 5.74) is 0.413. The number of benzene rings is 1. The predicted octanol–water partition coefficient (Wildman–Crippen LogP) is 3.07. The third kappa shape index (κ3) is 4.92. The first-order valence-electron chi connectivity index (χ1n) is 8.44. The van der Waals surface area contributed by atoms with Crippen LogP contribution in [0.5, 0.6) is 0 Å². The van der Waals surface area contributed by atoms with E-state index in [9.17, 15) is 22.0 Å². The van der Waals surface area contributed by atoms with Gasteiger partial charge in [-0.05, 0) is 45.2 Å². The van der Waals surface area contributed by atoms with Crippen LogP contribution >= 0.6 is 0 Å². The lowest BCUT2D eigenvalue weighted by Crippen LogP contribution is -2.33. The molecule has 0 saturated carbocycles. The largest absolute Gasteiger partial charge is 0.343 e. The number of anilines is 1. The van der Waals surface area contributed by atoms with Crippen LogP contribution in [-0.2, 0) is 14.8 Å². The van der Waals surface area contributed by atoms with Crippen molar-refractivity contribution in [1.29, 1.82) is 0 Å². The van der Waals surface area contributed by atoms with E-state index in [1.165, 1.54) is 18.0 Å². The molecule has 2 N–H and O–H groups in total. The number of hydrogen-bond donors (Lipinski definition) is 2.